The van der Waals surface area contributed by atoms with Gasteiger partial charge in [0.15, 0.2) is 5.82 Å². The van der Waals surface area contributed by atoms with Crippen LogP contribution in [-0.2, 0) is 6.54 Å². The molecule has 1 aromatic carbocycles. The van der Waals surface area contributed by atoms with Crippen molar-refractivity contribution < 1.29 is 13.7 Å². The molecule has 1 aliphatic rings. The minimum absolute atomic E-state index is 0.117. The standard InChI is InChI=1S/C15H11ClFN3O2S/c16-12-11-8(17)2-1-3-9(11)23-13(12)15(21)18-6-10-19-14(20-22-10)7-4-5-7/h1-3,7H,4-6H2,(H,18,21). The van der Waals surface area contributed by atoms with Crippen LogP contribution in [0.3, 0.4) is 0 Å². The average Bonchev–Trinajstić information content (AvgIpc) is 3.18. The molecule has 1 N–H and O–H groups in total. The zero-order valence-corrected chi connectivity index (χ0v) is 13.4. The Hall–Kier alpha value is -1.99. The number of nitrogens with one attached hydrogen (secondary N) is 1. The maximum absolute atomic E-state index is 13.8. The molecule has 118 valence electrons. The van der Waals surface area contributed by atoms with Crippen LogP contribution in [0.15, 0.2) is 22.7 Å². The number of carbonyl (C=O) groups is 1. The second kappa shape index (κ2) is 5.58. The van der Waals surface area contributed by atoms with Crippen molar-refractivity contribution >= 4 is 38.9 Å². The molecule has 0 unspecified atom stereocenters. The predicted octanol–water partition coefficient (Wildman–Crippen LogP) is 3.88. The van der Waals surface area contributed by atoms with Crippen molar-refractivity contribution in [3.8, 4) is 0 Å². The highest BCUT2D eigenvalue weighted by Crippen LogP contribution is 2.38. The smallest absolute Gasteiger partial charge is 0.263 e. The first-order valence-corrected chi connectivity index (χ1v) is 8.30. The molecule has 1 amide bonds. The second-order valence-corrected chi connectivity index (χ2v) is 6.79. The van der Waals surface area contributed by atoms with Crippen molar-refractivity contribution in [2.24, 2.45) is 0 Å². The summed E-state index contributed by atoms with van der Waals surface area (Å²) in [5.41, 5.74) is 0. The first kappa shape index (κ1) is 14.6. The number of fused-ring (bicyclic) bond motifs is 1. The van der Waals surface area contributed by atoms with Gasteiger partial charge in [0.2, 0.25) is 5.89 Å². The molecule has 0 bridgehead atoms. The van der Waals surface area contributed by atoms with Crippen LogP contribution in [0.25, 0.3) is 10.1 Å². The Morgan fingerprint density at radius 2 is 2.30 bits per heavy atom. The fourth-order valence-electron chi connectivity index (χ4n) is 2.30. The maximum atomic E-state index is 13.8. The topological polar surface area (TPSA) is 68.0 Å². The molecule has 4 rings (SSSR count). The molecule has 8 heteroatoms. The molecule has 0 aliphatic heterocycles. The lowest BCUT2D eigenvalue weighted by atomic mass is 10.2. The summed E-state index contributed by atoms with van der Waals surface area (Å²) in [6.07, 6.45) is 2.16. The van der Waals surface area contributed by atoms with Crippen LogP contribution in [0.4, 0.5) is 4.39 Å². The van der Waals surface area contributed by atoms with Gasteiger partial charge in [0.25, 0.3) is 5.91 Å². The highest BCUT2D eigenvalue weighted by Gasteiger charge is 2.29. The van der Waals surface area contributed by atoms with E-state index in [0.29, 0.717) is 22.3 Å². The molecular formula is C15H11ClFN3O2S. The van der Waals surface area contributed by atoms with E-state index in [1.54, 1.807) is 12.1 Å². The van der Waals surface area contributed by atoms with Gasteiger partial charge in [-0.1, -0.05) is 22.8 Å². The molecule has 2 aromatic heterocycles. The molecule has 2 heterocycles. The molecule has 1 aliphatic carbocycles. The van der Waals surface area contributed by atoms with Crippen LogP contribution < -0.4 is 5.32 Å². The third-order valence-electron chi connectivity index (χ3n) is 3.64. The number of halogens is 2. The van der Waals surface area contributed by atoms with Gasteiger partial charge in [-0.2, -0.15) is 4.98 Å². The Labute approximate surface area is 139 Å². The summed E-state index contributed by atoms with van der Waals surface area (Å²) in [4.78, 5) is 16.8. The number of nitrogens with zero attached hydrogens (tertiary/aromatic N) is 2. The van der Waals surface area contributed by atoms with E-state index in [9.17, 15) is 9.18 Å². The van der Waals surface area contributed by atoms with Crippen molar-refractivity contribution in [2.45, 2.75) is 25.3 Å². The van der Waals surface area contributed by atoms with Crippen LogP contribution >= 0.6 is 22.9 Å². The Morgan fingerprint density at radius 1 is 1.48 bits per heavy atom. The molecule has 1 fully saturated rings. The van der Waals surface area contributed by atoms with E-state index in [1.807, 2.05) is 0 Å². The van der Waals surface area contributed by atoms with Crippen LogP contribution in [-0.4, -0.2) is 16.0 Å². The van der Waals surface area contributed by atoms with Crippen LogP contribution in [0.2, 0.25) is 5.02 Å². The summed E-state index contributed by atoms with van der Waals surface area (Å²) in [5.74, 6) is 0.610. The van der Waals surface area contributed by atoms with E-state index in [2.05, 4.69) is 15.5 Å². The number of benzene rings is 1. The number of aromatic nitrogens is 2. The van der Waals surface area contributed by atoms with Crippen molar-refractivity contribution in [3.63, 3.8) is 0 Å². The lowest BCUT2D eigenvalue weighted by molar-refractivity contribution is 0.0950. The van der Waals surface area contributed by atoms with Gasteiger partial charge in [0.1, 0.15) is 10.7 Å². The highest BCUT2D eigenvalue weighted by atomic mass is 35.5. The Kier molecular flexibility index (Phi) is 3.54. The van der Waals surface area contributed by atoms with Crippen molar-refractivity contribution in [1.29, 1.82) is 0 Å². The minimum Gasteiger partial charge on any atom is -0.342 e. The van der Waals surface area contributed by atoms with Gasteiger partial charge >= 0.3 is 0 Å². The molecule has 0 spiro atoms. The number of thiophene rings is 1. The Bertz CT molecular complexity index is 903. The summed E-state index contributed by atoms with van der Waals surface area (Å²) in [6.45, 7) is 0.117. The molecule has 0 saturated heterocycles. The Balaban J connectivity index is 1.52. The number of rotatable bonds is 4. The molecule has 3 aromatic rings. The fraction of sp³-hybridized carbons (Fsp3) is 0.267. The Morgan fingerprint density at radius 3 is 3.04 bits per heavy atom. The first-order chi connectivity index (χ1) is 11.1. The van der Waals surface area contributed by atoms with Gasteiger partial charge in [-0.15, -0.1) is 11.3 Å². The molecule has 5 nitrogen and oxygen atoms in total. The number of hydrogen-bond acceptors (Lipinski definition) is 5. The lowest BCUT2D eigenvalue weighted by Gasteiger charge is -2.00. The molecule has 1 saturated carbocycles. The molecule has 0 radical (unpaired) electrons. The van der Waals surface area contributed by atoms with Crippen molar-refractivity contribution in [3.05, 3.63) is 45.6 Å². The third-order valence-corrected chi connectivity index (χ3v) is 5.28. The van der Waals surface area contributed by atoms with E-state index in [-0.39, 0.29) is 27.7 Å². The lowest BCUT2D eigenvalue weighted by Crippen LogP contribution is -2.22. The number of carbonyl (C=O) groups excluding carboxylic acids is 1. The fourth-order valence-corrected chi connectivity index (χ4v) is 3.77. The minimum atomic E-state index is -0.436. The summed E-state index contributed by atoms with van der Waals surface area (Å²) in [5, 5.41) is 6.97. The van der Waals surface area contributed by atoms with Gasteiger partial charge in [-0.25, -0.2) is 4.39 Å². The highest BCUT2D eigenvalue weighted by molar-refractivity contribution is 7.21. The van der Waals surface area contributed by atoms with E-state index >= 15 is 0 Å². The zero-order valence-electron chi connectivity index (χ0n) is 11.8. The maximum Gasteiger partial charge on any atom is 0.263 e. The van der Waals surface area contributed by atoms with Gasteiger partial charge in [0.05, 0.1) is 11.6 Å². The summed E-state index contributed by atoms with van der Waals surface area (Å²) in [6, 6.07) is 4.64. The van der Waals surface area contributed by atoms with Crippen molar-refractivity contribution in [1.82, 2.24) is 15.5 Å². The predicted molar refractivity (Wildman–Crippen MR) is 84.2 cm³/mol. The number of amides is 1. The van der Waals surface area contributed by atoms with Crippen LogP contribution in [0, 0.1) is 5.82 Å². The summed E-state index contributed by atoms with van der Waals surface area (Å²) in [7, 11) is 0. The zero-order chi connectivity index (χ0) is 16.0. The third kappa shape index (κ3) is 2.70. The monoisotopic (exact) mass is 351 g/mol. The van der Waals surface area contributed by atoms with Crippen LogP contribution in [0.5, 0.6) is 0 Å². The largest absolute Gasteiger partial charge is 0.342 e. The quantitative estimate of drug-likeness (QED) is 0.774. The van der Waals surface area contributed by atoms with E-state index in [4.69, 9.17) is 16.1 Å². The van der Waals surface area contributed by atoms with E-state index in [1.165, 1.54) is 6.07 Å². The normalized spacial score (nSPS) is 14.3. The van der Waals surface area contributed by atoms with Gasteiger partial charge in [-0.05, 0) is 25.0 Å². The molecule has 23 heavy (non-hydrogen) atoms. The van der Waals surface area contributed by atoms with Gasteiger partial charge in [-0.3, -0.25) is 4.79 Å². The molecule has 0 atom stereocenters. The molecular weight excluding hydrogens is 341 g/mol. The van der Waals surface area contributed by atoms with E-state index < -0.39 is 5.82 Å². The van der Waals surface area contributed by atoms with Gasteiger partial charge < -0.3 is 9.84 Å². The first-order valence-electron chi connectivity index (χ1n) is 7.10. The van der Waals surface area contributed by atoms with E-state index in [0.717, 1.165) is 24.2 Å². The number of hydrogen-bond donors (Lipinski definition) is 1. The van der Waals surface area contributed by atoms with Crippen LogP contribution in [0.1, 0.15) is 40.1 Å². The van der Waals surface area contributed by atoms with Gasteiger partial charge in [0, 0.05) is 16.0 Å². The summed E-state index contributed by atoms with van der Waals surface area (Å²) >= 11 is 7.30. The summed E-state index contributed by atoms with van der Waals surface area (Å²) < 4.78 is 19.5. The average molecular weight is 352 g/mol. The SMILES string of the molecule is O=C(NCc1nc(C2CC2)no1)c1sc2cccc(F)c2c1Cl. The van der Waals surface area contributed by atoms with Crippen molar-refractivity contribution in [2.75, 3.05) is 0 Å². The second-order valence-electron chi connectivity index (χ2n) is 5.36.